The van der Waals surface area contributed by atoms with Crippen molar-refractivity contribution < 1.29 is 4.79 Å². The van der Waals surface area contributed by atoms with Crippen molar-refractivity contribution >= 4 is 21.7 Å². The topological polar surface area (TPSA) is 17.1 Å². The van der Waals surface area contributed by atoms with Crippen LogP contribution >= 0.6 is 15.9 Å². The summed E-state index contributed by atoms with van der Waals surface area (Å²) in [6.45, 7) is 3.99. The Morgan fingerprint density at radius 1 is 0.882 bits per heavy atom. The standard InChI is InChI=1S/C15H13BrO/c1-10-3-5-12(6-4-10)15(17)13-7-11(2)8-14(16)9-13/h3-9H,1-2H3. The van der Waals surface area contributed by atoms with Gasteiger partial charge in [-0.3, -0.25) is 4.79 Å². The van der Waals surface area contributed by atoms with Crippen molar-refractivity contribution in [1.82, 2.24) is 0 Å². The molecule has 0 amide bonds. The van der Waals surface area contributed by atoms with Crippen LogP contribution in [-0.2, 0) is 0 Å². The first kappa shape index (κ1) is 12.1. The summed E-state index contributed by atoms with van der Waals surface area (Å²) in [5.41, 5.74) is 3.69. The van der Waals surface area contributed by atoms with E-state index in [-0.39, 0.29) is 5.78 Å². The molecule has 0 aliphatic carbocycles. The van der Waals surface area contributed by atoms with Crippen LogP contribution in [0.15, 0.2) is 46.9 Å². The van der Waals surface area contributed by atoms with Crippen molar-refractivity contribution in [1.29, 1.82) is 0 Å². The highest BCUT2D eigenvalue weighted by Crippen LogP contribution is 2.18. The van der Waals surface area contributed by atoms with Crippen molar-refractivity contribution in [3.8, 4) is 0 Å². The van der Waals surface area contributed by atoms with Gasteiger partial charge in [0.2, 0.25) is 0 Å². The maximum atomic E-state index is 12.2. The third-order valence-corrected chi connectivity index (χ3v) is 3.08. The van der Waals surface area contributed by atoms with Gasteiger partial charge in [0.1, 0.15) is 0 Å². The Balaban J connectivity index is 2.40. The summed E-state index contributed by atoms with van der Waals surface area (Å²) < 4.78 is 0.938. The Kier molecular flexibility index (Phi) is 3.43. The minimum atomic E-state index is 0.0643. The second kappa shape index (κ2) is 4.84. The van der Waals surface area contributed by atoms with Crippen molar-refractivity contribution in [3.63, 3.8) is 0 Å². The highest BCUT2D eigenvalue weighted by Gasteiger charge is 2.09. The van der Waals surface area contributed by atoms with E-state index in [1.165, 1.54) is 0 Å². The van der Waals surface area contributed by atoms with Gasteiger partial charge in [0.05, 0.1) is 0 Å². The molecule has 1 nitrogen and oxygen atoms in total. The fraction of sp³-hybridized carbons (Fsp3) is 0.133. The molecule has 0 heterocycles. The number of benzene rings is 2. The lowest BCUT2D eigenvalue weighted by atomic mass is 10.0. The summed E-state index contributed by atoms with van der Waals surface area (Å²) in [6.07, 6.45) is 0. The lowest BCUT2D eigenvalue weighted by Crippen LogP contribution is -2.01. The van der Waals surface area contributed by atoms with E-state index in [9.17, 15) is 4.79 Å². The molecule has 0 unspecified atom stereocenters. The first-order valence-corrected chi connectivity index (χ1v) is 6.24. The predicted molar refractivity (Wildman–Crippen MR) is 73.5 cm³/mol. The van der Waals surface area contributed by atoms with Crippen LogP contribution in [0, 0.1) is 13.8 Å². The Morgan fingerprint density at radius 3 is 2.12 bits per heavy atom. The van der Waals surface area contributed by atoms with E-state index in [0.29, 0.717) is 0 Å². The highest BCUT2D eigenvalue weighted by atomic mass is 79.9. The number of rotatable bonds is 2. The molecule has 2 aromatic carbocycles. The molecule has 0 fully saturated rings. The zero-order valence-corrected chi connectivity index (χ0v) is 11.4. The van der Waals surface area contributed by atoms with Gasteiger partial charge in [-0.05, 0) is 37.6 Å². The Labute approximate surface area is 110 Å². The largest absolute Gasteiger partial charge is 0.289 e. The van der Waals surface area contributed by atoms with Gasteiger partial charge in [0.15, 0.2) is 5.78 Å². The number of aryl methyl sites for hydroxylation is 2. The maximum Gasteiger partial charge on any atom is 0.193 e. The predicted octanol–water partition coefficient (Wildman–Crippen LogP) is 4.30. The van der Waals surface area contributed by atoms with E-state index in [2.05, 4.69) is 15.9 Å². The molecule has 2 heteroatoms. The molecule has 0 saturated heterocycles. The van der Waals surface area contributed by atoms with Crippen molar-refractivity contribution in [2.45, 2.75) is 13.8 Å². The van der Waals surface area contributed by atoms with Crippen LogP contribution in [0.3, 0.4) is 0 Å². The van der Waals surface area contributed by atoms with Gasteiger partial charge in [-0.25, -0.2) is 0 Å². The molecule has 0 aliphatic rings. The minimum Gasteiger partial charge on any atom is -0.289 e. The van der Waals surface area contributed by atoms with E-state index in [1.807, 2.05) is 56.3 Å². The fourth-order valence-electron chi connectivity index (χ4n) is 1.74. The lowest BCUT2D eigenvalue weighted by molar-refractivity contribution is 0.103. The highest BCUT2D eigenvalue weighted by molar-refractivity contribution is 9.10. The van der Waals surface area contributed by atoms with E-state index >= 15 is 0 Å². The third-order valence-electron chi connectivity index (χ3n) is 2.62. The first-order chi connectivity index (χ1) is 8.06. The summed E-state index contributed by atoms with van der Waals surface area (Å²) in [6, 6.07) is 13.4. The second-order valence-electron chi connectivity index (χ2n) is 4.21. The minimum absolute atomic E-state index is 0.0643. The Hall–Kier alpha value is -1.41. The summed E-state index contributed by atoms with van der Waals surface area (Å²) in [7, 11) is 0. The quantitative estimate of drug-likeness (QED) is 0.753. The van der Waals surface area contributed by atoms with Crippen LogP contribution in [0.5, 0.6) is 0 Å². The third kappa shape index (κ3) is 2.83. The molecule has 0 saturated carbocycles. The van der Waals surface area contributed by atoms with Crippen LogP contribution in [0.1, 0.15) is 27.0 Å². The first-order valence-electron chi connectivity index (χ1n) is 5.45. The molecule has 0 aromatic heterocycles. The van der Waals surface area contributed by atoms with Gasteiger partial charge in [-0.2, -0.15) is 0 Å². The van der Waals surface area contributed by atoms with Crippen LogP contribution in [0.25, 0.3) is 0 Å². The number of carbonyl (C=O) groups excluding carboxylic acids is 1. The van der Waals surface area contributed by atoms with Crippen molar-refractivity contribution in [3.05, 3.63) is 69.2 Å². The molecule has 17 heavy (non-hydrogen) atoms. The van der Waals surface area contributed by atoms with E-state index in [0.717, 1.165) is 26.7 Å². The fourth-order valence-corrected chi connectivity index (χ4v) is 2.35. The molecule has 0 bridgehead atoms. The molecule has 2 aromatic rings. The van der Waals surface area contributed by atoms with Crippen LogP contribution in [0.4, 0.5) is 0 Å². The smallest absolute Gasteiger partial charge is 0.193 e. The summed E-state index contributed by atoms with van der Waals surface area (Å²) in [5, 5.41) is 0. The maximum absolute atomic E-state index is 12.2. The van der Waals surface area contributed by atoms with Crippen molar-refractivity contribution in [2.75, 3.05) is 0 Å². The average Bonchev–Trinajstić information content (AvgIpc) is 2.28. The normalized spacial score (nSPS) is 10.3. The number of carbonyl (C=O) groups is 1. The Bertz CT molecular complexity index is 535. The monoisotopic (exact) mass is 288 g/mol. The number of hydrogen-bond acceptors (Lipinski definition) is 1. The van der Waals surface area contributed by atoms with Gasteiger partial charge >= 0.3 is 0 Å². The number of hydrogen-bond donors (Lipinski definition) is 0. The summed E-state index contributed by atoms with van der Waals surface area (Å²) >= 11 is 3.41. The number of ketones is 1. The molecule has 86 valence electrons. The van der Waals surface area contributed by atoms with Gasteiger partial charge < -0.3 is 0 Å². The molecule has 0 spiro atoms. The summed E-state index contributed by atoms with van der Waals surface area (Å²) in [5.74, 6) is 0.0643. The molecular weight excluding hydrogens is 276 g/mol. The van der Waals surface area contributed by atoms with E-state index < -0.39 is 0 Å². The Morgan fingerprint density at radius 2 is 1.53 bits per heavy atom. The van der Waals surface area contributed by atoms with Crippen LogP contribution in [0.2, 0.25) is 0 Å². The second-order valence-corrected chi connectivity index (χ2v) is 5.13. The zero-order chi connectivity index (χ0) is 12.4. The van der Waals surface area contributed by atoms with Crippen LogP contribution in [-0.4, -0.2) is 5.78 Å². The molecule has 0 atom stereocenters. The van der Waals surface area contributed by atoms with Gasteiger partial charge in [-0.1, -0.05) is 45.8 Å². The van der Waals surface area contributed by atoms with Gasteiger partial charge in [0.25, 0.3) is 0 Å². The SMILES string of the molecule is Cc1ccc(C(=O)c2cc(C)cc(Br)c2)cc1. The van der Waals surface area contributed by atoms with Crippen LogP contribution < -0.4 is 0 Å². The zero-order valence-electron chi connectivity index (χ0n) is 9.83. The number of halogens is 1. The lowest BCUT2D eigenvalue weighted by Gasteiger charge is -2.04. The molecule has 0 aliphatic heterocycles. The molecular formula is C15H13BrO. The van der Waals surface area contributed by atoms with Gasteiger partial charge in [0, 0.05) is 15.6 Å². The van der Waals surface area contributed by atoms with Gasteiger partial charge in [-0.15, -0.1) is 0 Å². The van der Waals surface area contributed by atoms with E-state index in [4.69, 9.17) is 0 Å². The van der Waals surface area contributed by atoms with E-state index in [1.54, 1.807) is 0 Å². The molecule has 0 N–H and O–H groups in total. The molecule has 2 rings (SSSR count). The molecule has 0 radical (unpaired) electrons. The summed E-state index contributed by atoms with van der Waals surface area (Å²) in [4.78, 5) is 12.2. The average molecular weight is 289 g/mol. The van der Waals surface area contributed by atoms with Crippen molar-refractivity contribution in [2.24, 2.45) is 0 Å².